The molecule has 1 aliphatic heterocycles. The first-order chi connectivity index (χ1) is 8.16. The lowest BCUT2D eigenvalue weighted by molar-refractivity contribution is -0.0272. The molecule has 17 heavy (non-hydrogen) atoms. The molecule has 0 unspecified atom stereocenters. The number of hydrogen-bond acceptors (Lipinski definition) is 4. The van der Waals surface area contributed by atoms with Gasteiger partial charge in [0.2, 0.25) is 0 Å². The van der Waals surface area contributed by atoms with Crippen LogP contribution in [0.1, 0.15) is 18.2 Å². The molecule has 0 bridgehead atoms. The molecule has 0 saturated carbocycles. The van der Waals surface area contributed by atoms with Crippen LogP contribution in [0.5, 0.6) is 0 Å². The average Bonchev–Trinajstić information content (AvgIpc) is 2.67. The van der Waals surface area contributed by atoms with Crippen LogP contribution >= 0.6 is 22.9 Å². The molecule has 1 aromatic rings. The molecule has 2 heterocycles. The van der Waals surface area contributed by atoms with Gasteiger partial charge >= 0.3 is 0 Å². The maximum Gasteiger partial charge on any atom is 0.0623 e. The fraction of sp³-hybridized carbons (Fsp3) is 0.667. The molecule has 2 rings (SSSR count). The fourth-order valence-corrected chi connectivity index (χ4v) is 3.25. The van der Waals surface area contributed by atoms with E-state index in [1.165, 1.54) is 4.88 Å². The lowest BCUT2D eigenvalue weighted by Gasteiger charge is -2.36. The van der Waals surface area contributed by atoms with Crippen LogP contribution in [0, 0.1) is 0 Å². The summed E-state index contributed by atoms with van der Waals surface area (Å²) in [4.78, 5) is 3.55. The van der Waals surface area contributed by atoms with E-state index < -0.39 is 0 Å². The molecule has 96 valence electrons. The van der Waals surface area contributed by atoms with Gasteiger partial charge in [0.15, 0.2) is 0 Å². The predicted octanol–water partition coefficient (Wildman–Crippen LogP) is 2.37. The summed E-state index contributed by atoms with van der Waals surface area (Å²) in [5.74, 6) is 0. The molecule has 1 N–H and O–H groups in total. The van der Waals surface area contributed by atoms with Crippen molar-refractivity contribution in [2.75, 3.05) is 19.8 Å². The summed E-state index contributed by atoms with van der Waals surface area (Å²) in [6.45, 7) is 5.06. The first kappa shape index (κ1) is 13.3. The number of halogens is 1. The second-order valence-corrected chi connectivity index (χ2v) is 5.88. The number of hydrogen-bond donors (Lipinski definition) is 1. The van der Waals surface area contributed by atoms with Gasteiger partial charge in [0.25, 0.3) is 0 Å². The van der Waals surface area contributed by atoms with Crippen molar-refractivity contribution in [3.63, 3.8) is 0 Å². The minimum Gasteiger partial charge on any atom is -0.393 e. The Morgan fingerprint density at radius 2 is 2.53 bits per heavy atom. The van der Waals surface area contributed by atoms with Crippen molar-refractivity contribution in [2.45, 2.75) is 32.0 Å². The van der Waals surface area contributed by atoms with Crippen molar-refractivity contribution >= 4 is 22.9 Å². The maximum atomic E-state index is 9.50. The third kappa shape index (κ3) is 3.66. The minimum atomic E-state index is -0.289. The third-order valence-electron chi connectivity index (χ3n) is 3.00. The van der Waals surface area contributed by atoms with Crippen molar-refractivity contribution < 1.29 is 9.84 Å². The second kappa shape index (κ2) is 6.16. The van der Waals surface area contributed by atoms with Gasteiger partial charge < -0.3 is 9.84 Å². The van der Waals surface area contributed by atoms with Gasteiger partial charge in [-0.15, -0.1) is 11.3 Å². The fourth-order valence-electron chi connectivity index (χ4n) is 2.13. The van der Waals surface area contributed by atoms with Crippen LogP contribution in [0.15, 0.2) is 11.4 Å². The van der Waals surface area contributed by atoms with Crippen molar-refractivity contribution in [1.29, 1.82) is 0 Å². The summed E-state index contributed by atoms with van der Waals surface area (Å²) in [6.07, 6.45) is 0.464. The zero-order chi connectivity index (χ0) is 12.3. The van der Waals surface area contributed by atoms with E-state index in [1.807, 2.05) is 18.4 Å². The largest absolute Gasteiger partial charge is 0.393 e. The van der Waals surface area contributed by atoms with Gasteiger partial charge in [0.1, 0.15) is 0 Å². The molecule has 1 aliphatic rings. The molecular weight excluding hydrogens is 258 g/mol. The minimum absolute atomic E-state index is 0.289. The van der Waals surface area contributed by atoms with Gasteiger partial charge in [-0.05, 0) is 24.8 Å². The monoisotopic (exact) mass is 275 g/mol. The van der Waals surface area contributed by atoms with Crippen LogP contribution in [-0.2, 0) is 11.3 Å². The Kier molecular flexibility index (Phi) is 4.82. The molecule has 0 radical (unpaired) electrons. The Balaban J connectivity index is 1.99. The standard InChI is InChI=1S/C12H18ClNO2S/c1-9(15)6-10-8-16-4-3-14(10)7-12-11(13)2-5-17-12/h2,5,9-10,15H,3-4,6-8H2,1H3/t9-,10+/m1/s1. The molecule has 0 amide bonds. The van der Waals surface area contributed by atoms with Crippen LogP contribution in [0.2, 0.25) is 5.02 Å². The number of thiophene rings is 1. The average molecular weight is 276 g/mol. The highest BCUT2D eigenvalue weighted by molar-refractivity contribution is 7.10. The zero-order valence-electron chi connectivity index (χ0n) is 9.93. The number of rotatable bonds is 4. The summed E-state index contributed by atoms with van der Waals surface area (Å²) in [6, 6.07) is 2.23. The number of aliphatic hydroxyl groups excluding tert-OH is 1. The lowest BCUT2D eigenvalue weighted by atomic mass is 10.1. The Hall–Kier alpha value is -0.130. The van der Waals surface area contributed by atoms with Crippen molar-refractivity contribution in [2.24, 2.45) is 0 Å². The Morgan fingerprint density at radius 1 is 1.71 bits per heavy atom. The molecule has 3 nitrogen and oxygen atoms in total. The first-order valence-corrected chi connectivity index (χ1v) is 7.14. The van der Waals surface area contributed by atoms with Crippen LogP contribution in [0.3, 0.4) is 0 Å². The second-order valence-electron chi connectivity index (χ2n) is 4.48. The highest BCUT2D eigenvalue weighted by atomic mass is 35.5. The van der Waals surface area contributed by atoms with E-state index in [1.54, 1.807) is 11.3 Å². The molecule has 5 heteroatoms. The van der Waals surface area contributed by atoms with E-state index in [2.05, 4.69) is 4.90 Å². The lowest BCUT2D eigenvalue weighted by Crippen LogP contribution is -2.46. The molecule has 1 aromatic heterocycles. The molecule has 0 aromatic carbocycles. The summed E-state index contributed by atoms with van der Waals surface area (Å²) in [7, 11) is 0. The molecule has 0 spiro atoms. The van der Waals surface area contributed by atoms with Gasteiger partial charge in [0, 0.05) is 24.0 Å². The maximum absolute atomic E-state index is 9.50. The number of ether oxygens (including phenoxy) is 1. The SMILES string of the molecule is C[C@@H](O)C[C@H]1COCCN1Cc1sccc1Cl. The first-order valence-electron chi connectivity index (χ1n) is 5.88. The summed E-state index contributed by atoms with van der Waals surface area (Å²) in [5, 5.41) is 12.4. The van der Waals surface area contributed by atoms with E-state index in [4.69, 9.17) is 16.3 Å². The van der Waals surface area contributed by atoms with Crippen LogP contribution in [0.25, 0.3) is 0 Å². The third-order valence-corrected chi connectivity index (χ3v) is 4.37. The Bertz CT molecular complexity index is 356. The van der Waals surface area contributed by atoms with Crippen molar-refractivity contribution in [3.05, 3.63) is 21.3 Å². The van der Waals surface area contributed by atoms with Gasteiger partial charge in [-0.2, -0.15) is 0 Å². The molecule has 1 saturated heterocycles. The highest BCUT2D eigenvalue weighted by Gasteiger charge is 2.25. The molecule has 1 fully saturated rings. The van der Waals surface area contributed by atoms with Gasteiger partial charge in [-0.25, -0.2) is 0 Å². The number of morpholine rings is 1. The molecular formula is C12H18ClNO2S. The number of nitrogens with zero attached hydrogens (tertiary/aromatic N) is 1. The van der Waals surface area contributed by atoms with E-state index in [0.29, 0.717) is 12.6 Å². The molecule has 0 aliphatic carbocycles. The number of aliphatic hydroxyl groups is 1. The predicted molar refractivity (Wildman–Crippen MR) is 70.6 cm³/mol. The quantitative estimate of drug-likeness (QED) is 0.916. The summed E-state index contributed by atoms with van der Waals surface area (Å²) >= 11 is 7.80. The Morgan fingerprint density at radius 3 is 3.18 bits per heavy atom. The highest BCUT2D eigenvalue weighted by Crippen LogP contribution is 2.25. The zero-order valence-corrected chi connectivity index (χ0v) is 11.5. The van der Waals surface area contributed by atoms with E-state index >= 15 is 0 Å². The summed E-state index contributed by atoms with van der Waals surface area (Å²) in [5.41, 5.74) is 0. The van der Waals surface area contributed by atoms with Gasteiger partial charge in [0.05, 0.1) is 24.3 Å². The van der Waals surface area contributed by atoms with Crippen molar-refractivity contribution in [3.8, 4) is 0 Å². The van der Waals surface area contributed by atoms with Gasteiger partial charge in [-0.1, -0.05) is 11.6 Å². The van der Waals surface area contributed by atoms with Crippen molar-refractivity contribution in [1.82, 2.24) is 4.90 Å². The normalized spacial score (nSPS) is 23.8. The Labute approximate surface area is 111 Å². The van der Waals surface area contributed by atoms with Crippen LogP contribution in [-0.4, -0.2) is 41.9 Å². The topological polar surface area (TPSA) is 32.7 Å². The van der Waals surface area contributed by atoms with E-state index in [0.717, 1.165) is 31.1 Å². The van der Waals surface area contributed by atoms with Crippen LogP contribution in [0.4, 0.5) is 0 Å². The van der Waals surface area contributed by atoms with Crippen LogP contribution < -0.4 is 0 Å². The molecule has 2 atom stereocenters. The van der Waals surface area contributed by atoms with E-state index in [-0.39, 0.29) is 6.10 Å². The summed E-state index contributed by atoms with van der Waals surface area (Å²) < 4.78 is 5.48. The van der Waals surface area contributed by atoms with Gasteiger partial charge in [-0.3, -0.25) is 4.90 Å². The smallest absolute Gasteiger partial charge is 0.0623 e. The van der Waals surface area contributed by atoms with E-state index in [9.17, 15) is 5.11 Å².